The van der Waals surface area contributed by atoms with E-state index in [9.17, 15) is 94.4 Å². The third kappa shape index (κ3) is 31.2. The lowest BCUT2D eigenvalue weighted by molar-refractivity contribution is -0.142. The molecule has 15 atom stereocenters. The standard InChI is InChI=1S/C53H100N16O13.C17H16F6N2O/c1-9-30(6)12-10-11-13-41(72)60-33(14-20-54)48(77)69-43(32(8)71)53(82)65-36(17-23-57)45(74)64-38-19-25-59-52(81)42(31(7)70)68-49(78)37(18-24-58)62-44(73)34(15-21-55)63-50(79)39(26-28(2)3)67-51(80)40(27-29(4)5)66-46(75)35(16-22-56)61-47(38)76;18-16(19,20)11-5-3-4-9-10(15(26)12-6-1-2-7-24-12)8-13(17(21,22)23)25-14(9)11/h28-40,42-43,70-71H,9-27,54-58H2,1-8H3,(H,59,81)(H,60,72)(H,61,76)(H,62,73)(H,63,79)(H,64,74)(H,65,82)(H,66,75)(H,67,80)(H,68,78)(H,69,77);3-5,8,12,15,24,26H,1-2,6-7H2/t30-,31+,32+,33-,34-,35-,36-,37-,38-,39-,40+,42-,43-;12-,15+/m00/s1. The number of hydrogen-bond donors (Lipinski definition) is 20. The second kappa shape index (κ2) is 46.5. The number of aliphatic hydroxyl groups is 3. The second-order valence-electron chi connectivity index (χ2n) is 28.3. The van der Waals surface area contributed by atoms with Crippen LogP contribution in [0.4, 0.5) is 26.3 Å². The van der Waals surface area contributed by atoms with Crippen molar-refractivity contribution in [3.05, 3.63) is 41.1 Å². The van der Waals surface area contributed by atoms with E-state index in [2.05, 4.69) is 82.6 Å². The molecule has 38 heteroatoms. The Labute approximate surface area is 625 Å². The number of amides is 11. The Morgan fingerprint density at radius 1 is 0.574 bits per heavy atom. The molecule has 2 fully saturated rings. The topological polar surface area (TPSA) is 536 Å². The fourth-order valence-corrected chi connectivity index (χ4v) is 12.0. The molecule has 32 nitrogen and oxygen atoms in total. The van der Waals surface area contributed by atoms with Gasteiger partial charge >= 0.3 is 12.4 Å². The molecule has 0 radical (unpaired) electrons. The highest BCUT2D eigenvalue weighted by atomic mass is 19.4. The van der Waals surface area contributed by atoms with E-state index in [1.54, 1.807) is 27.7 Å². The van der Waals surface area contributed by atoms with E-state index in [1.165, 1.54) is 19.9 Å². The average molecular weight is 1550 g/mol. The molecular formula is C70H116F6N18O14. The van der Waals surface area contributed by atoms with Crippen LogP contribution in [0.3, 0.4) is 0 Å². The average Bonchev–Trinajstić information content (AvgIpc) is 0.757. The van der Waals surface area contributed by atoms with Crippen molar-refractivity contribution in [2.45, 2.75) is 255 Å². The van der Waals surface area contributed by atoms with Crippen molar-refractivity contribution < 1.29 is 94.4 Å². The van der Waals surface area contributed by atoms with Gasteiger partial charge in [-0.25, -0.2) is 4.98 Å². The minimum absolute atomic E-state index is 0.0131. The first-order valence-corrected chi connectivity index (χ1v) is 36.9. The number of aromatic nitrogens is 1. The number of nitrogens with two attached hydrogens (primary N) is 5. The zero-order valence-electron chi connectivity index (χ0n) is 62.8. The number of para-hydroxylation sites is 1. The fourth-order valence-electron chi connectivity index (χ4n) is 12.0. The number of halogens is 6. The van der Waals surface area contributed by atoms with E-state index >= 15 is 0 Å². The third-order valence-electron chi connectivity index (χ3n) is 18.2. The van der Waals surface area contributed by atoms with Crippen molar-refractivity contribution in [1.29, 1.82) is 0 Å². The number of carbonyl (C=O) groups is 11. The van der Waals surface area contributed by atoms with Gasteiger partial charge in [-0.3, -0.25) is 52.7 Å². The lowest BCUT2D eigenvalue weighted by atomic mass is 9.91. The highest BCUT2D eigenvalue weighted by Crippen LogP contribution is 2.40. The van der Waals surface area contributed by atoms with Crippen molar-refractivity contribution in [2.24, 2.45) is 46.4 Å². The van der Waals surface area contributed by atoms with Gasteiger partial charge in [0.05, 0.1) is 29.4 Å². The molecule has 0 saturated carbocycles. The molecule has 25 N–H and O–H groups in total. The SMILES string of the molecule is CC[C@H](C)CCCCC(=O)N[C@@H](CCN)C(=O)N[C@H](C(=O)N[C@@H](CCN)C(=O)N[C@H]1CCNC(=O)[C@H]([C@@H](C)O)NC(=O)[C@H](CCN)NC(=O)[C@H](CCN)NC(=O)[C@H](CC(C)C)NC(=O)[C@@H](CC(C)C)NC(=O)[C@H](CCN)NC1=O)[C@@H](C)O.O[C@H](c1cc(C(F)(F)F)nc2c(C(F)(F)F)cccc12)[C@@H]1CCCCN1. The van der Waals surface area contributed by atoms with Crippen LogP contribution in [0.15, 0.2) is 24.3 Å². The van der Waals surface area contributed by atoms with Crippen LogP contribution < -0.4 is 92.5 Å². The van der Waals surface area contributed by atoms with Crippen molar-refractivity contribution in [3.63, 3.8) is 0 Å². The summed E-state index contributed by atoms with van der Waals surface area (Å²) in [5, 5.41) is 63.0. The summed E-state index contributed by atoms with van der Waals surface area (Å²) in [6.07, 6.45) is -9.76. The zero-order valence-corrected chi connectivity index (χ0v) is 62.8. The number of nitrogens with zero attached hydrogens (tertiary/aromatic N) is 1. The van der Waals surface area contributed by atoms with E-state index in [1.807, 2.05) is 0 Å². The quantitative estimate of drug-likeness (QED) is 0.0318. The van der Waals surface area contributed by atoms with Gasteiger partial charge in [-0.2, -0.15) is 26.3 Å². The molecule has 108 heavy (non-hydrogen) atoms. The first-order valence-electron chi connectivity index (χ1n) is 36.9. The maximum Gasteiger partial charge on any atom is 0.433 e. The number of unbranched alkanes of at least 4 members (excludes halogenated alkanes) is 1. The van der Waals surface area contributed by atoms with Gasteiger partial charge in [-0.15, -0.1) is 0 Å². The largest absolute Gasteiger partial charge is 0.433 e. The Morgan fingerprint density at radius 2 is 1.08 bits per heavy atom. The molecule has 3 heterocycles. The van der Waals surface area contributed by atoms with E-state index in [0.29, 0.717) is 37.4 Å². The molecular weight excluding hydrogens is 1430 g/mol. The molecule has 0 unspecified atom stereocenters. The van der Waals surface area contributed by atoms with Crippen molar-refractivity contribution in [1.82, 2.24) is 68.8 Å². The van der Waals surface area contributed by atoms with Crippen LogP contribution in [0.25, 0.3) is 10.9 Å². The van der Waals surface area contributed by atoms with Gasteiger partial charge in [-0.05, 0) is 159 Å². The third-order valence-corrected chi connectivity index (χ3v) is 18.2. The van der Waals surface area contributed by atoms with Crippen LogP contribution in [0.2, 0.25) is 0 Å². The number of nitrogens with one attached hydrogen (secondary N) is 12. The number of fused-ring (bicyclic) bond motifs is 1. The normalized spacial score (nSPS) is 22.7. The zero-order chi connectivity index (χ0) is 81.3. The Bertz CT molecular complexity index is 3260. The molecule has 1 aromatic heterocycles. The number of carbonyl (C=O) groups excluding carboxylic acids is 11. The highest BCUT2D eigenvalue weighted by molar-refractivity contribution is 5.99. The number of benzene rings is 1. The number of alkyl halides is 6. The number of rotatable bonds is 31. The molecule has 0 aliphatic carbocycles. The summed E-state index contributed by atoms with van der Waals surface area (Å²) >= 11 is 0. The molecule has 11 amide bonds. The Kier molecular flexibility index (Phi) is 40.6. The van der Waals surface area contributed by atoms with Gasteiger partial charge in [0.1, 0.15) is 66.1 Å². The van der Waals surface area contributed by atoms with Gasteiger partial charge in [0.2, 0.25) is 65.0 Å². The maximum atomic E-state index is 14.4. The first kappa shape index (κ1) is 94.2. The number of pyridine rings is 1. The summed E-state index contributed by atoms with van der Waals surface area (Å²) in [7, 11) is 0. The fraction of sp³-hybridized carbons (Fsp3) is 0.714. The lowest BCUT2D eigenvalue weighted by Gasteiger charge is -2.29. The van der Waals surface area contributed by atoms with Crippen molar-refractivity contribution >= 4 is 75.9 Å². The van der Waals surface area contributed by atoms with E-state index in [0.717, 1.165) is 38.2 Å². The van der Waals surface area contributed by atoms with Crippen molar-refractivity contribution in [2.75, 3.05) is 45.8 Å². The number of piperidine rings is 1. The summed E-state index contributed by atoms with van der Waals surface area (Å²) in [5.74, 6) is -9.49. The minimum Gasteiger partial charge on any atom is -0.391 e. The summed E-state index contributed by atoms with van der Waals surface area (Å²) in [5.41, 5.74) is 25.5. The van der Waals surface area contributed by atoms with E-state index in [-0.39, 0.29) is 107 Å². The summed E-state index contributed by atoms with van der Waals surface area (Å²) in [6.45, 7) is 13.2. The Hall–Kier alpha value is -7.98. The number of aliphatic hydroxyl groups excluding tert-OH is 3. The highest BCUT2D eigenvalue weighted by Gasteiger charge is 2.41. The Balaban J connectivity index is 0.000000961. The van der Waals surface area contributed by atoms with Crippen LogP contribution in [0.5, 0.6) is 0 Å². The van der Waals surface area contributed by atoms with Gasteiger partial charge < -0.3 is 108 Å². The van der Waals surface area contributed by atoms with Crippen LogP contribution in [-0.4, -0.2) is 210 Å². The molecule has 0 bridgehead atoms. The van der Waals surface area contributed by atoms with Gasteiger partial charge in [0, 0.05) is 24.4 Å². The van der Waals surface area contributed by atoms with Gasteiger partial charge in [-0.1, -0.05) is 79.4 Å². The van der Waals surface area contributed by atoms with Crippen LogP contribution >= 0.6 is 0 Å². The molecule has 2 aliphatic heterocycles. The molecule has 2 saturated heterocycles. The van der Waals surface area contributed by atoms with Crippen LogP contribution in [0, 0.1) is 17.8 Å². The summed E-state index contributed by atoms with van der Waals surface area (Å²) in [6, 6.07) is -11.4. The predicted octanol–water partition coefficient (Wildman–Crippen LogP) is -0.994. The summed E-state index contributed by atoms with van der Waals surface area (Å²) < 4.78 is 79.3. The van der Waals surface area contributed by atoms with Crippen LogP contribution in [-0.2, 0) is 65.1 Å². The van der Waals surface area contributed by atoms with Crippen molar-refractivity contribution in [3.8, 4) is 0 Å². The monoisotopic (exact) mass is 1550 g/mol. The van der Waals surface area contributed by atoms with E-state index in [4.69, 9.17) is 28.7 Å². The van der Waals surface area contributed by atoms with Gasteiger partial charge in [0.15, 0.2) is 0 Å². The predicted molar refractivity (Wildman–Crippen MR) is 388 cm³/mol. The smallest absolute Gasteiger partial charge is 0.391 e. The molecule has 2 aliphatic rings. The van der Waals surface area contributed by atoms with Crippen LogP contribution in [0.1, 0.15) is 181 Å². The molecule has 0 spiro atoms. The molecule has 2 aromatic rings. The second-order valence-corrected chi connectivity index (χ2v) is 28.3. The molecule has 1 aromatic carbocycles. The summed E-state index contributed by atoms with van der Waals surface area (Å²) in [4.78, 5) is 156. The minimum atomic E-state index is -4.93. The maximum absolute atomic E-state index is 14.4. The number of hydrogen-bond acceptors (Lipinski definition) is 21. The Morgan fingerprint density at radius 3 is 1.55 bits per heavy atom. The molecule has 4 rings (SSSR count). The van der Waals surface area contributed by atoms with E-state index < -0.39 is 192 Å². The lowest BCUT2D eigenvalue weighted by Crippen LogP contribution is -2.62. The van der Waals surface area contributed by atoms with Gasteiger partial charge in [0.25, 0.3) is 0 Å². The first-order chi connectivity index (χ1) is 50.8. The molecule has 612 valence electrons.